The summed E-state index contributed by atoms with van der Waals surface area (Å²) in [5.41, 5.74) is 5.37. The molecule has 0 atom stereocenters. The summed E-state index contributed by atoms with van der Waals surface area (Å²) in [5.74, 6) is 0.794. The lowest BCUT2D eigenvalue weighted by Crippen LogP contribution is -2.37. The largest absolute Gasteiger partial charge is 0.374 e. The van der Waals surface area contributed by atoms with Crippen LogP contribution in [-0.4, -0.2) is 26.7 Å². The maximum atomic E-state index is 2.53. The first-order valence-corrected chi connectivity index (χ1v) is 8.71. The maximum Gasteiger partial charge on any atom is 0.0366 e. The van der Waals surface area contributed by atoms with Gasteiger partial charge in [0.25, 0.3) is 0 Å². The molecule has 0 spiro atoms. The highest BCUT2D eigenvalue weighted by Gasteiger charge is 2.20. The fourth-order valence-electron chi connectivity index (χ4n) is 3.42. The minimum absolute atomic E-state index is 0.794. The van der Waals surface area contributed by atoms with Gasteiger partial charge in [0, 0.05) is 38.1 Å². The zero-order valence-electron chi connectivity index (χ0n) is 14.6. The van der Waals surface area contributed by atoms with Gasteiger partial charge < -0.3 is 9.80 Å². The Hall–Kier alpha value is -1.96. The topological polar surface area (TPSA) is 6.48 Å². The van der Waals surface area contributed by atoms with Crippen LogP contribution in [-0.2, 0) is 0 Å². The van der Waals surface area contributed by atoms with E-state index >= 15 is 0 Å². The molecule has 122 valence electrons. The monoisotopic (exact) mass is 308 g/mol. The molecule has 0 N–H and O–H groups in total. The van der Waals surface area contributed by atoms with E-state index in [2.05, 4.69) is 79.2 Å². The standard InChI is InChI=1S/C21H28N2/c1-17-4-8-20(9-5-17)22(3)16-19-12-14-23(15-13-19)21-10-6-18(2)7-11-21/h4-11,19H,12-16H2,1-3H3. The van der Waals surface area contributed by atoms with Crippen LogP contribution in [0.25, 0.3) is 0 Å². The van der Waals surface area contributed by atoms with Crippen LogP contribution in [0.2, 0.25) is 0 Å². The number of hydrogen-bond acceptors (Lipinski definition) is 2. The second kappa shape index (κ2) is 7.08. The minimum Gasteiger partial charge on any atom is -0.374 e. The zero-order valence-corrected chi connectivity index (χ0v) is 14.6. The Bertz CT molecular complexity index is 607. The van der Waals surface area contributed by atoms with E-state index in [1.54, 1.807) is 0 Å². The van der Waals surface area contributed by atoms with Gasteiger partial charge in [-0.3, -0.25) is 0 Å². The lowest BCUT2D eigenvalue weighted by molar-refractivity contribution is 0.409. The summed E-state index contributed by atoms with van der Waals surface area (Å²) in [4.78, 5) is 4.94. The van der Waals surface area contributed by atoms with E-state index in [0.29, 0.717) is 0 Å². The van der Waals surface area contributed by atoms with Crippen LogP contribution in [0.1, 0.15) is 24.0 Å². The van der Waals surface area contributed by atoms with Gasteiger partial charge in [0.2, 0.25) is 0 Å². The molecule has 2 aromatic rings. The van der Waals surface area contributed by atoms with Gasteiger partial charge in [-0.1, -0.05) is 35.4 Å². The molecule has 0 radical (unpaired) electrons. The molecular formula is C21H28N2. The second-order valence-corrected chi connectivity index (χ2v) is 6.98. The molecule has 2 heteroatoms. The van der Waals surface area contributed by atoms with Crippen molar-refractivity contribution < 1.29 is 0 Å². The lowest BCUT2D eigenvalue weighted by Gasteiger charge is -2.35. The van der Waals surface area contributed by atoms with E-state index < -0.39 is 0 Å². The van der Waals surface area contributed by atoms with Gasteiger partial charge in [-0.15, -0.1) is 0 Å². The average molecular weight is 308 g/mol. The normalized spacial score (nSPS) is 15.7. The summed E-state index contributed by atoms with van der Waals surface area (Å²) in [5, 5.41) is 0. The quantitative estimate of drug-likeness (QED) is 0.811. The van der Waals surface area contributed by atoms with Gasteiger partial charge in [-0.2, -0.15) is 0 Å². The van der Waals surface area contributed by atoms with E-state index in [-0.39, 0.29) is 0 Å². The van der Waals surface area contributed by atoms with Crippen molar-refractivity contribution in [3.8, 4) is 0 Å². The molecule has 0 bridgehead atoms. The van der Waals surface area contributed by atoms with Crippen molar-refractivity contribution in [2.24, 2.45) is 5.92 Å². The molecule has 3 rings (SSSR count). The number of aryl methyl sites for hydroxylation is 2. The molecule has 1 saturated heterocycles. The van der Waals surface area contributed by atoms with Crippen LogP contribution < -0.4 is 9.80 Å². The molecule has 2 nitrogen and oxygen atoms in total. The van der Waals surface area contributed by atoms with Crippen LogP contribution in [0.5, 0.6) is 0 Å². The van der Waals surface area contributed by atoms with Crippen molar-refractivity contribution in [2.75, 3.05) is 36.5 Å². The van der Waals surface area contributed by atoms with Crippen molar-refractivity contribution in [3.05, 3.63) is 59.7 Å². The zero-order chi connectivity index (χ0) is 16.2. The molecule has 1 fully saturated rings. The van der Waals surface area contributed by atoms with Crippen LogP contribution in [0, 0.1) is 19.8 Å². The fourth-order valence-corrected chi connectivity index (χ4v) is 3.42. The maximum absolute atomic E-state index is 2.53. The molecule has 1 aliphatic heterocycles. The van der Waals surface area contributed by atoms with E-state index in [4.69, 9.17) is 0 Å². The number of rotatable bonds is 4. The molecule has 0 amide bonds. The highest BCUT2D eigenvalue weighted by molar-refractivity contribution is 5.48. The number of piperidine rings is 1. The molecular weight excluding hydrogens is 280 g/mol. The third kappa shape index (κ3) is 4.07. The third-order valence-corrected chi connectivity index (χ3v) is 5.02. The number of hydrogen-bond donors (Lipinski definition) is 0. The summed E-state index contributed by atoms with van der Waals surface area (Å²) in [6.07, 6.45) is 2.56. The van der Waals surface area contributed by atoms with Gasteiger partial charge in [0.15, 0.2) is 0 Å². The van der Waals surface area contributed by atoms with Crippen LogP contribution in [0.15, 0.2) is 48.5 Å². The van der Waals surface area contributed by atoms with E-state index in [0.717, 1.165) is 12.5 Å². The highest BCUT2D eigenvalue weighted by atomic mass is 15.1. The van der Waals surface area contributed by atoms with Gasteiger partial charge in [0.05, 0.1) is 0 Å². The van der Waals surface area contributed by atoms with E-state index in [1.807, 2.05) is 0 Å². The summed E-state index contributed by atoms with van der Waals surface area (Å²) in [7, 11) is 2.22. The Morgan fingerprint density at radius 3 is 1.96 bits per heavy atom. The fraction of sp³-hybridized carbons (Fsp3) is 0.429. The second-order valence-electron chi connectivity index (χ2n) is 6.98. The van der Waals surface area contributed by atoms with Gasteiger partial charge in [-0.25, -0.2) is 0 Å². The van der Waals surface area contributed by atoms with Gasteiger partial charge >= 0.3 is 0 Å². The molecule has 0 saturated carbocycles. The SMILES string of the molecule is Cc1ccc(N(C)CC2CCN(c3ccc(C)cc3)CC2)cc1. The smallest absolute Gasteiger partial charge is 0.0366 e. The predicted molar refractivity (Wildman–Crippen MR) is 101 cm³/mol. The highest BCUT2D eigenvalue weighted by Crippen LogP contribution is 2.25. The van der Waals surface area contributed by atoms with E-state index in [9.17, 15) is 0 Å². The Balaban J connectivity index is 1.52. The predicted octanol–water partition coefficient (Wildman–Crippen LogP) is 4.66. The molecule has 2 aromatic carbocycles. The first-order valence-electron chi connectivity index (χ1n) is 8.71. The summed E-state index contributed by atoms with van der Waals surface area (Å²) < 4.78 is 0. The number of benzene rings is 2. The first-order chi connectivity index (χ1) is 11.1. The van der Waals surface area contributed by atoms with Crippen molar-refractivity contribution in [2.45, 2.75) is 26.7 Å². The Morgan fingerprint density at radius 1 is 0.870 bits per heavy atom. The van der Waals surface area contributed by atoms with Crippen molar-refractivity contribution in [1.82, 2.24) is 0 Å². The van der Waals surface area contributed by atoms with Gasteiger partial charge in [0.1, 0.15) is 0 Å². The first kappa shape index (κ1) is 15.9. The van der Waals surface area contributed by atoms with Crippen LogP contribution in [0.3, 0.4) is 0 Å². The van der Waals surface area contributed by atoms with Crippen LogP contribution >= 0.6 is 0 Å². The van der Waals surface area contributed by atoms with Crippen LogP contribution in [0.4, 0.5) is 11.4 Å². The molecule has 1 aliphatic rings. The molecule has 0 unspecified atom stereocenters. The molecule has 23 heavy (non-hydrogen) atoms. The Morgan fingerprint density at radius 2 is 1.39 bits per heavy atom. The summed E-state index contributed by atoms with van der Waals surface area (Å²) in [6.45, 7) is 7.80. The molecule has 0 aromatic heterocycles. The Kier molecular flexibility index (Phi) is 4.90. The summed E-state index contributed by atoms with van der Waals surface area (Å²) in [6, 6.07) is 17.8. The van der Waals surface area contributed by atoms with E-state index in [1.165, 1.54) is 48.4 Å². The number of nitrogens with zero attached hydrogens (tertiary/aromatic N) is 2. The van der Waals surface area contributed by atoms with Gasteiger partial charge in [-0.05, 0) is 56.9 Å². The lowest BCUT2D eigenvalue weighted by atomic mass is 9.95. The van der Waals surface area contributed by atoms with Crippen molar-refractivity contribution in [3.63, 3.8) is 0 Å². The number of anilines is 2. The molecule has 1 heterocycles. The van der Waals surface area contributed by atoms with Crippen molar-refractivity contribution >= 4 is 11.4 Å². The average Bonchev–Trinajstić information content (AvgIpc) is 2.57. The third-order valence-electron chi connectivity index (χ3n) is 5.02. The minimum atomic E-state index is 0.794. The van der Waals surface area contributed by atoms with Crippen molar-refractivity contribution in [1.29, 1.82) is 0 Å². The Labute approximate surface area is 140 Å². The summed E-state index contributed by atoms with van der Waals surface area (Å²) >= 11 is 0. The molecule has 0 aliphatic carbocycles.